The van der Waals surface area contributed by atoms with E-state index in [9.17, 15) is 9.59 Å². The number of aryl methyl sites for hydroxylation is 1. The molecule has 1 fully saturated rings. The van der Waals surface area contributed by atoms with Gasteiger partial charge in [0.05, 0.1) is 5.69 Å². The Kier molecular flexibility index (Phi) is 7.09. The van der Waals surface area contributed by atoms with Crippen molar-refractivity contribution in [3.63, 3.8) is 0 Å². The number of nitrogens with zero attached hydrogens (tertiary/aromatic N) is 1. The van der Waals surface area contributed by atoms with Gasteiger partial charge in [-0.15, -0.1) is 0 Å². The number of urea groups is 1. The predicted molar refractivity (Wildman–Crippen MR) is 100 cm³/mol. The van der Waals surface area contributed by atoms with Crippen LogP contribution >= 0.6 is 15.9 Å². The zero-order valence-electron chi connectivity index (χ0n) is 14.4. The molecule has 0 aromatic heterocycles. The van der Waals surface area contributed by atoms with E-state index in [1.54, 1.807) is 4.90 Å². The van der Waals surface area contributed by atoms with E-state index in [-0.39, 0.29) is 18.0 Å². The Balaban J connectivity index is 1.85. The van der Waals surface area contributed by atoms with Gasteiger partial charge in [0.1, 0.15) is 0 Å². The van der Waals surface area contributed by atoms with E-state index >= 15 is 0 Å². The Morgan fingerprint density at radius 1 is 1.25 bits per heavy atom. The maximum absolute atomic E-state index is 12.0. The molecule has 0 heterocycles. The fourth-order valence-electron chi connectivity index (χ4n) is 3.04. The average molecular weight is 396 g/mol. The van der Waals surface area contributed by atoms with Crippen molar-refractivity contribution in [1.29, 1.82) is 0 Å². The molecule has 0 radical (unpaired) electrons. The largest absolute Gasteiger partial charge is 0.336 e. The van der Waals surface area contributed by atoms with Gasteiger partial charge in [0.2, 0.25) is 5.91 Å². The summed E-state index contributed by atoms with van der Waals surface area (Å²) in [6.07, 6.45) is 5.75. The molecule has 2 N–H and O–H groups in total. The van der Waals surface area contributed by atoms with Gasteiger partial charge in [0.25, 0.3) is 0 Å². The normalized spacial score (nSPS) is 15.0. The number of amides is 3. The minimum atomic E-state index is -0.145. The summed E-state index contributed by atoms with van der Waals surface area (Å²) in [7, 11) is 0. The fraction of sp³-hybridized carbons (Fsp3) is 0.556. The predicted octanol–water partition coefficient (Wildman–Crippen LogP) is 3.74. The number of nitrogens with one attached hydrogen (secondary N) is 2. The zero-order valence-corrected chi connectivity index (χ0v) is 16.0. The first kappa shape index (κ1) is 18.8. The first-order chi connectivity index (χ1) is 11.5. The molecule has 132 valence electrons. The fourth-order valence-corrected chi connectivity index (χ4v) is 3.75. The quantitative estimate of drug-likeness (QED) is 0.797. The van der Waals surface area contributed by atoms with E-state index in [2.05, 4.69) is 26.6 Å². The lowest BCUT2D eigenvalue weighted by molar-refractivity contribution is -0.116. The first-order valence-corrected chi connectivity index (χ1v) is 9.35. The second-order valence-electron chi connectivity index (χ2n) is 6.36. The molecule has 0 atom stereocenters. The summed E-state index contributed by atoms with van der Waals surface area (Å²) in [5.74, 6) is -0.0472. The Bertz CT molecular complexity index is 586. The van der Waals surface area contributed by atoms with Gasteiger partial charge in [-0.3, -0.25) is 4.79 Å². The highest BCUT2D eigenvalue weighted by Gasteiger charge is 2.17. The van der Waals surface area contributed by atoms with Crippen molar-refractivity contribution in [2.75, 3.05) is 18.0 Å². The van der Waals surface area contributed by atoms with E-state index in [0.29, 0.717) is 13.1 Å². The molecule has 0 bridgehead atoms. The minimum absolute atomic E-state index is 0.0472. The molecule has 0 saturated heterocycles. The molecule has 2 rings (SSSR count). The molecule has 3 amide bonds. The van der Waals surface area contributed by atoms with Crippen LogP contribution in [0.1, 0.15) is 44.6 Å². The van der Waals surface area contributed by atoms with Gasteiger partial charge in [0.15, 0.2) is 0 Å². The second-order valence-corrected chi connectivity index (χ2v) is 7.22. The molecule has 1 saturated carbocycles. The van der Waals surface area contributed by atoms with E-state index in [1.165, 1.54) is 26.2 Å². The smallest absolute Gasteiger partial charge is 0.315 e. The van der Waals surface area contributed by atoms with Crippen molar-refractivity contribution in [2.45, 2.75) is 52.0 Å². The lowest BCUT2D eigenvalue weighted by atomic mass is 9.96. The molecule has 1 aromatic carbocycles. The molecule has 1 aliphatic rings. The van der Waals surface area contributed by atoms with E-state index < -0.39 is 0 Å². The Morgan fingerprint density at radius 3 is 2.58 bits per heavy atom. The van der Waals surface area contributed by atoms with Crippen molar-refractivity contribution in [3.8, 4) is 0 Å². The molecule has 0 unspecified atom stereocenters. The monoisotopic (exact) mass is 395 g/mol. The van der Waals surface area contributed by atoms with Crippen LogP contribution in [0.2, 0.25) is 0 Å². The first-order valence-electron chi connectivity index (χ1n) is 8.56. The third-order valence-electron chi connectivity index (χ3n) is 4.34. The van der Waals surface area contributed by atoms with E-state index in [0.717, 1.165) is 28.6 Å². The van der Waals surface area contributed by atoms with Crippen LogP contribution in [0.15, 0.2) is 22.7 Å². The summed E-state index contributed by atoms with van der Waals surface area (Å²) in [4.78, 5) is 25.6. The topological polar surface area (TPSA) is 61.4 Å². The summed E-state index contributed by atoms with van der Waals surface area (Å²) >= 11 is 3.51. The third-order valence-corrected chi connectivity index (χ3v) is 4.97. The van der Waals surface area contributed by atoms with Crippen LogP contribution in [0.4, 0.5) is 10.5 Å². The zero-order chi connectivity index (χ0) is 17.5. The lowest BCUT2D eigenvalue weighted by Crippen LogP contribution is -2.45. The molecule has 24 heavy (non-hydrogen) atoms. The highest BCUT2D eigenvalue weighted by Crippen LogP contribution is 2.27. The summed E-state index contributed by atoms with van der Waals surface area (Å²) in [5, 5.41) is 5.87. The standard InChI is InChI=1S/C18H26BrN3O2/c1-13-8-9-17(16(19)12-13)22(14(2)23)11-10-20-18(24)21-15-6-4-3-5-7-15/h8-9,12,15H,3-7,10-11H2,1-2H3,(H2,20,21,24). The van der Waals surface area contributed by atoms with Gasteiger partial charge in [-0.1, -0.05) is 25.3 Å². The van der Waals surface area contributed by atoms with Gasteiger partial charge < -0.3 is 15.5 Å². The number of rotatable bonds is 5. The SMILES string of the molecule is CC(=O)N(CCNC(=O)NC1CCCCC1)c1ccc(C)cc1Br. The molecule has 6 heteroatoms. The molecule has 1 aliphatic carbocycles. The molecule has 1 aromatic rings. The maximum atomic E-state index is 12.0. The molecule has 0 spiro atoms. The summed E-state index contributed by atoms with van der Waals surface area (Å²) in [5.41, 5.74) is 1.95. The van der Waals surface area contributed by atoms with Gasteiger partial charge in [0, 0.05) is 30.5 Å². The number of hydrogen-bond donors (Lipinski definition) is 2. The van der Waals surface area contributed by atoms with Crippen LogP contribution in [-0.2, 0) is 4.79 Å². The average Bonchev–Trinajstić information content (AvgIpc) is 2.53. The third kappa shape index (κ3) is 5.51. The van der Waals surface area contributed by atoms with Crippen LogP contribution in [0.25, 0.3) is 0 Å². The van der Waals surface area contributed by atoms with Crippen molar-refractivity contribution in [1.82, 2.24) is 10.6 Å². The molecular weight excluding hydrogens is 370 g/mol. The van der Waals surface area contributed by atoms with Crippen LogP contribution < -0.4 is 15.5 Å². The highest BCUT2D eigenvalue weighted by atomic mass is 79.9. The molecule has 5 nitrogen and oxygen atoms in total. The number of benzene rings is 1. The van der Waals surface area contributed by atoms with Crippen LogP contribution in [-0.4, -0.2) is 31.1 Å². The van der Waals surface area contributed by atoms with Crippen LogP contribution in [0.5, 0.6) is 0 Å². The minimum Gasteiger partial charge on any atom is -0.336 e. The number of hydrogen-bond acceptors (Lipinski definition) is 2. The van der Waals surface area contributed by atoms with Crippen LogP contribution in [0, 0.1) is 6.92 Å². The van der Waals surface area contributed by atoms with Gasteiger partial charge in [-0.25, -0.2) is 4.79 Å². The number of carbonyl (C=O) groups is 2. The Hall–Kier alpha value is -1.56. The number of carbonyl (C=O) groups excluding carboxylic acids is 2. The highest BCUT2D eigenvalue weighted by molar-refractivity contribution is 9.10. The summed E-state index contributed by atoms with van der Waals surface area (Å²) in [6.45, 7) is 4.39. The summed E-state index contributed by atoms with van der Waals surface area (Å²) in [6, 6.07) is 6.01. The van der Waals surface area contributed by atoms with E-state index in [1.807, 2.05) is 25.1 Å². The van der Waals surface area contributed by atoms with Crippen molar-refractivity contribution >= 4 is 33.6 Å². The number of halogens is 1. The summed E-state index contributed by atoms with van der Waals surface area (Å²) < 4.78 is 0.879. The Labute approximate surface area is 152 Å². The number of anilines is 1. The van der Waals surface area contributed by atoms with E-state index in [4.69, 9.17) is 0 Å². The van der Waals surface area contributed by atoms with Gasteiger partial charge in [-0.05, 0) is 53.4 Å². The molecule has 0 aliphatic heterocycles. The maximum Gasteiger partial charge on any atom is 0.315 e. The van der Waals surface area contributed by atoms with Gasteiger partial charge in [-0.2, -0.15) is 0 Å². The van der Waals surface area contributed by atoms with Crippen LogP contribution in [0.3, 0.4) is 0 Å². The lowest BCUT2D eigenvalue weighted by Gasteiger charge is -2.25. The van der Waals surface area contributed by atoms with Crippen molar-refractivity contribution in [2.24, 2.45) is 0 Å². The molecular formula is C18H26BrN3O2. The van der Waals surface area contributed by atoms with Crippen molar-refractivity contribution < 1.29 is 9.59 Å². The second kappa shape index (κ2) is 9.06. The van der Waals surface area contributed by atoms with Gasteiger partial charge >= 0.3 is 6.03 Å². The Morgan fingerprint density at radius 2 is 1.96 bits per heavy atom. The van der Waals surface area contributed by atoms with Crippen molar-refractivity contribution in [3.05, 3.63) is 28.2 Å².